The van der Waals surface area contributed by atoms with Gasteiger partial charge in [-0.3, -0.25) is 4.57 Å². The van der Waals surface area contributed by atoms with Crippen molar-refractivity contribution in [3.8, 4) is 5.69 Å². The fourth-order valence-corrected chi connectivity index (χ4v) is 2.21. The van der Waals surface area contributed by atoms with E-state index in [9.17, 15) is 8.78 Å². The second-order valence-electron chi connectivity index (χ2n) is 4.85. The Morgan fingerprint density at radius 2 is 1.90 bits per heavy atom. The molecule has 0 aliphatic heterocycles. The molecule has 20 heavy (non-hydrogen) atoms. The summed E-state index contributed by atoms with van der Waals surface area (Å²) in [7, 11) is 0. The summed E-state index contributed by atoms with van der Waals surface area (Å²) in [6.07, 6.45) is 4.95. The van der Waals surface area contributed by atoms with E-state index in [4.69, 9.17) is 5.73 Å². The van der Waals surface area contributed by atoms with Gasteiger partial charge in [-0.05, 0) is 30.5 Å². The monoisotopic (exact) mass is 279 g/mol. The van der Waals surface area contributed by atoms with Crippen LogP contribution in [0.3, 0.4) is 0 Å². The quantitative estimate of drug-likeness (QED) is 0.914. The van der Waals surface area contributed by atoms with E-state index in [1.807, 2.05) is 13.8 Å². The van der Waals surface area contributed by atoms with Crippen LogP contribution in [0.15, 0.2) is 24.5 Å². The van der Waals surface area contributed by atoms with Gasteiger partial charge < -0.3 is 5.73 Å². The summed E-state index contributed by atoms with van der Waals surface area (Å²) in [5.74, 6) is -0.548. The summed E-state index contributed by atoms with van der Waals surface area (Å²) in [6, 6.07) is 2.62. The Balaban J connectivity index is 2.41. The number of hydrogen-bond acceptors (Lipinski definition) is 2. The predicted octanol–water partition coefficient (Wildman–Crippen LogP) is 2.99. The zero-order valence-electron chi connectivity index (χ0n) is 11.7. The highest BCUT2D eigenvalue weighted by Gasteiger charge is 2.16. The molecule has 2 rings (SSSR count). The second-order valence-corrected chi connectivity index (χ2v) is 4.85. The number of aryl methyl sites for hydroxylation is 1. The van der Waals surface area contributed by atoms with Gasteiger partial charge in [0.1, 0.15) is 11.5 Å². The van der Waals surface area contributed by atoms with Crippen molar-refractivity contribution in [1.82, 2.24) is 9.55 Å². The van der Waals surface area contributed by atoms with Crippen LogP contribution in [-0.4, -0.2) is 15.6 Å². The third-order valence-electron chi connectivity index (χ3n) is 3.37. The van der Waals surface area contributed by atoms with E-state index in [2.05, 4.69) is 4.98 Å². The number of nitrogens with zero attached hydrogens (tertiary/aromatic N) is 2. The van der Waals surface area contributed by atoms with Gasteiger partial charge >= 0.3 is 0 Å². The summed E-state index contributed by atoms with van der Waals surface area (Å²) in [5.41, 5.74) is 6.33. The Hall–Kier alpha value is -1.75. The molecule has 1 aromatic heterocycles. The molecule has 0 radical (unpaired) electrons. The first-order chi connectivity index (χ1) is 9.56. The lowest BCUT2D eigenvalue weighted by molar-refractivity contribution is 0.557. The van der Waals surface area contributed by atoms with Gasteiger partial charge in [-0.15, -0.1) is 0 Å². The van der Waals surface area contributed by atoms with E-state index < -0.39 is 11.6 Å². The van der Waals surface area contributed by atoms with Crippen LogP contribution in [0.4, 0.5) is 8.78 Å². The van der Waals surface area contributed by atoms with Crippen LogP contribution < -0.4 is 5.73 Å². The van der Waals surface area contributed by atoms with Crippen LogP contribution in [0.2, 0.25) is 0 Å². The lowest BCUT2D eigenvalue weighted by Gasteiger charge is -2.13. The van der Waals surface area contributed by atoms with E-state index in [-0.39, 0.29) is 11.7 Å². The van der Waals surface area contributed by atoms with Gasteiger partial charge in [0.2, 0.25) is 0 Å². The molecular weight excluding hydrogens is 260 g/mol. The molecule has 0 bridgehead atoms. The molecule has 1 heterocycles. The number of nitrogens with two attached hydrogens (primary N) is 1. The molecule has 5 heteroatoms. The van der Waals surface area contributed by atoms with Gasteiger partial charge in [0, 0.05) is 24.9 Å². The van der Waals surface area contributed by atoms with Crippen molar-refractivity contribution in [2.24, 2.45) is 5.73 Å². The van der Waals surface area contributed by atoms with Crippen molar-refractivity contribution >= 4 is 0 Å². The lowest BCUT2D eigenvalue weighted by atomic mass is 10.0. The van der Waals surface area contributed by atoms with Crippen molar-refractivity contribution in [2.75, 3.05) is 0 Å². The predicted molar refractivity (Wildman–Crippen MR) is 74.8 cm³/mol. The fraction of sp³-hybridized carbons (Fsp3) is 0.400. The van der Waals surface area contributed by atoms with Gasteiger partial charge in [-0.2, -0.15) is 0 Å². The summed E-state index contributed by atoms with van der Waals surface area (Å²) in [4.78, 5) is 4.09. The van der Waals surface area contributed by atoms with Crippen LogP contribution in [0, 0.1) is 11.6 Å². The van der Waals surface area contributed by atoms with Crippen molar-refractivity contribution in [1.29, 1.82) is 0 Å². The second kappa shape index (κ2) is 6.13. The van der Waals surface area contributed by atoms with E-state index >= 15 is 0 Å². The third kappa shape index (κ3) is 2.88. The molecule has 1 unspecified atom stereocenters. The summed E-state index contributed by atoms with van der Waals surface area (Å²) < 4.78 is 29.9. The van der Waals surface area contributed by atoms with Crippen LogP contribution in [0.1, 0.15) is 31.7 Å². The van der Waals surface area contributed by atoms with Crippen LogP contribution in [-0.2, 0) is 12.8 Å². The SMILES string of the molecule is CCc1nccn1-c1c(F)cc(CC(N)CC)cc1F. The molecule has 1 atom stereocenters. The highest BCUT2D eigenvalue weighted by molar-refractivity contribution is 5.39. The zero-order chi connectivity index (χ0) is 14.7. The van der Waals surface area contributed by atoms with Gasteiger partial charge in [0.25, 0.3) is 0 Å². The Labute approximate surface area is 117 Å². The normalized spacial score (nSPS) is 12.7. The Morgan fingerprint density at radius 3 is 2.45 bits per heavy atom. The molecule has 1 aromatic carbocycles. The molecular formula is C15H19F2N3. The number of aromatic nitrogens is 2. The minimum atomic E-state index is -0.587. The average Bonchev–Trinajstić information content (AvgIpc) is 2.86. The highest BCUT2D eigenvalue weighted by atomic mass is 19.1. The minimum absolute atomic E-state index is 0.0758. The standard InChI is InChI=1S/C15H19F2N3/c1-3-11(18)7-10-8-12(16)15(13(17)9-10)20-6-5-19-14(20)4-2/h5-6,8-9,11H,3-4,7,18H2,1-2H3. The van der Waals surface area contributed by atoms with Gasteiger partial charge in [0.05, 0.1) is 0 Å². The minimum Gasteiger partial charge on any atom is -0.327 e. The Bertz CT molecular complexity index is 570. The maximum atomic E-state index is 14.2. The maximum Gasteiger partial charge on any atom is 0.150 e. The molecule has 0 saturated carbocycles. The van der Waals surface area contributed by atoms with Crippen molar-refractivity contribution in [3.05, 3.63) is 47.5 Å². The molecule has 2 aromatic rings. The Kier molecular flexibility index (Phi) is 4.49. The number of rotatable bonds is 5. The summed E-state index contributed by atoms with van der Waals surface area (Å²) in [6.45, 7) is 3.84. The van der Waals surface area contributed by atoms with Crippen LogP contribution >= 0.6 is 0 Å². The molecule has 0 aliphatic rings. The fourth-order valence-electron chi connectivity index (χ4n) is 2.21. The molecule has 108 valence electrons. The first-order valence-electron chi connectivity index (χ1n) is 6.82. The Morgan fingerprint density at radius 1 is 1.25 bits per heavy atom. The number of benzene rings is 1. The van der Waals surface area contributed by atoms with E-state index in [0.717, 1.165) is 6.42 Å². The molecule has 0 amide bonds. The number of halogens is 2. The molecule has 0 saturated heterocycles. The maximum absolute atomic E-state index is 14.2. The average molecular weight is 279 g/mol. The van der Waals surface area contributed by atoms with Crippen molar-refractivity contribution in [3.63, 3.8) is 0 Å². The molecule has 2 N–H and O–H groups in total. The largest absolute Gasteiger partial charge is 0.327 e. The number of imidazole rings is 1. The highest BCUT2D eigenvalue weighted by Crippen LogP contribution is 2.22. The topological polar surface area (TPSA) is 43.8 Å². The molecule has 3 nitrogen and oxygen atoms in total. The smallest absolute Gasteiger partial charge is 0.150 e. The van der Waals surface area contributed by atoms with Gasteiger partial charge in [-0.1, -0.05) is 13.8 Å². The van der Waals surface area contributed by atoms with E-state index in [1.165, 1.54) is 16.7 Å². The first kappa shape index (κ1) is 14.7. The number of hydrogen-bond donors (Lipinski definition) is 1. The molecule has 0 spiro atoms. The summed E-state index contributed by atoms with van der Waals surface area (Å²) in [5, 5.41) is 0. The zero-order valence-corrected chi connectivity index (χ0v) is 11.7. The third-order valence-corrected chi connectivity index (χ3v) is 3.37. The first-order valence-corrected chi connectivity index (χ1v) is 6.82. The van der Waals surface area contributed by atoms with E-state index in [0.29, 0.717) is 24.2 Å². The summed E-state index contributed by atoms with van der Waals surface area (Å²) >= 11 is 0. The lowest BCUT2D eigenvalue weighted by Crippen LogP contribution is -2.21. The molecule has 0 aliphatic carbocycles. The van der Waals surface area contributed by atoms with Crippen molar-refractivity contribution in [2.45, 2.75) is 39.2 Å². The van der Waals surface area contributed by atoms with Gasteiger partial charge in [0.15, 0.2) is 11.6 Å². The molecule has 0 fully saturated rings. The van der Waals surface area contributed by atoms with Crippen molar-refractivity contribution < 1.29 is 8.78 Å². The van der Waals surface area contributed by atoms with Gasteiger partial charge in [-0.25, -0.2) is 13.8 Å². The van der Waals surface area contributed by atoms with Crippen LogP contribution in [0.5, 0.6) is 0 Å². The van der Waals surface area contributed by atoms with Crippen LogP contribution in [0.25, 0.3) is 5.69 Å². The van der Waals surface area contributed by atoms with E-state index in [1.54, 1.807) is 12.4 Å².